The van der Waals surface area contributed by atoms with Crippen LogP contribution in [0.4, 0.5) is 0 Å². The van der Waals surface area contributed by atoms with Crippen LogP contribution in [0.5, 0.6) is 0 Å². The lowest BCUT2D eigenvalue weighted by Gasteiger charge is -2.25. The first-order chi connectivity index (χ1) is 7.13. The Morgan fingerprint density at radius 2 is 2.40 bits per heavy atom. The van der Waals surface area contributed by atoms with E-state index < -0.39 is 12.0 Å². The smallest absolute Gasteiger partial charge is 0.324 e. The number of carbonyl (C=O) groups is 2. The molecule has 1 saturated heterocycles. The van der Waals surface area contributed by atoms with Crippen LogP contribution in [-0.4, -0.2) is 43.0 Å². The third-order valence-electron chi connectivity index (χ3n) is 3.42. The molecule has 0 aromatic carbocycles. The Morgan fingerprint density at radius 3 is 2.80 bits per heavy atom. The van der Waals surface area contributed by atoms with E-state index in [0.717, 1.165) is 19.4 Å². The highest BCUT2D eigenvalue weighted by Crippen LogP contribution is 2.41. The first kappa shape index (κ1) is 10.4. The molecule has 84 valence electrons. The Bertz CT molecular complexity index is 292. The van der Waals surface area contributed by atoms with Crippen LogP contribution in [0.1, 0.15) is 12.8 Å². The molecule has 0 aromatic heterocycles. The van der Waals surface area contributed by atoms with Crippen molar-refractivity contribution < 1.29 is 14.3 Å². The third kappa shape index (κ3) is 1.71. The molecule has 1 aliphatic heterocycles. The van der Waals surface area contributed by atoms with Crippen molar-refractivity contribution in [3.8, 4) is 0 Å². The number of hydrogen-bond acceptors (Lipinski definition) is 4. The molecule has 0 aromatic rings. The Labute approximate surface area is 88.5 Å². The number of rotatable bonds is 3. The van der Waals surface area contributed by atoms with Gasteiger partial charge in [-0.25, -0.2) is 0 Å². The summed E-state index contributed by atoms with van der Waals surface area (Å²) in [5, 5.41) is 0. The van der Waals surface area contributed by atoms with Crippen molar-refractivity contribution in [2.24, 2.45) is 17.6 Å². The molecule has 2 aliphatic rings. The van der Waals surface area contributed by atoms with Crippen molar-refractivity contribution >= 4 is 11.9 Å². The molecule has 15 heavy (non-hydrogen) atoms. The maximum Gasteiger partial charge on any atom is 0.324 e. The Balaban J connectivity index is 1.90. The predicted octanol–water partition coefficient (Wildman–Crippen LogP) is -0.645. The van der Waals surface area contributed by atoms with Gasteiger partial charge in [0.15, 0.2) is 0 Å². The minimum absolute atomic E-state index is 0.158. The van der Waals surface area contributed by atoms with Gasteiger partial charge in [0.05, 0.1) is 7.11 Å². The van der Waals surface area contributed by atoms with Crippen LogP contribution in [0.15, 0.2) is 0 Å². The Kier molecular flexibility index (Phi) is 2.65. The minimum Gasteiger partial charge on any atom is -0.468 e. The molecule has 2 N–H and O–H groups in total. The van der Waals surface area contributed by atoms with Crippen molar-refractivity contribution in [3.05, 3.63) is 0 Å². The topological polar surface area (TPSA) is 72.6 Å². The second-order valence-electron chi connectivity index (χ2n) is 4.32. The van der Waals surface area contributed by atoms with Gasteiger partial charge in [-0.1, -0.05) is 0 Å². The van der Waals surface area contributed by atoms with Crippen molar-refractivity contribution in [3.63, 3.8) is 0 Å². The van der Waals surface area contributed by atoms with E-state index in [1.54, 1.807) is 4.90 Å². The normalized spacial score (nSPS) is 30.8. The summed E-state index contributed by atoms with van der Waals surface area (Å²) < 4.78 is 4.52. The van der Waals surface area contributed by atoms with Gasteiger partial charge in [-0.2, -0.15) is 0 Å². The first-order valence-corrected chi connectivity index (χ1v) is 5.25. The highest BCUT2D eigenvalue weighted by molar-refractivity contribution is 5.83. The SMILES string of the molecule is COC(=O)C(N)CN1CC2CCC2C1=O. The second-order valence-corrected chi connectivity index (χ2v) is 4.32. The van der Waals surface area contributed by atoms with Crippen LogP contribution in [0.2, 0.25) is 0 Å². The molecule has 5 nitrogen and oxygen atoms in total. The van der Waals surface area contributed by atoms with Gasteiger partial charge in [0.25, 0.3) is 0 Å². The minimum atomic E-state index is -0.712. The average Bonchev–Trinajstić information content (AvgIpc) is 2.38. The van der Waals surface area contributed by atoms with Crippen molar-refractivity contribution in [1.82, 2.24) is 4.90 Å². The lowest BCUT2D eigenvalue weighted by atomic mass is 9.76. The van der Waals surface area contributed by atoms with Crippen LogP contribution >= 0.6 is 0 Å². The highest BCUT2D eigenvalue weighted by atomic mass is 16.5. The number of carbonyl (C=O) groups excluding carboxylic acids is 2. The number of nitrogens with two attached hydrogens (primary N) is 1. The summed E-state index contributed by atoms with van der Waals surface area (Å²) in [7, 11) is 1.30. The number of fused-ring (bicyclic) bond motifs is 1. The van der Waals surface area contributed by atoms with Crippen LogP contribution in [0, 0.1) is 11.8 Å². The Hall–Kier alpha value is -1.10. The lowest BCUT2D eigenvalue weighted by Crippen LogP contribution is -2.44. The summed E-state index contributed by atoms with van der Waals surface area (Å²) in [5.74, 6) is 0.407. The number of likely N-dealkylation sites (tertiary alicyclic amines) is 1. The molecule has 1 saturated carbocycles. The van der Waals surface area contributed by atoms with Gasteiger partial charge >= 0.3 is 5.97 Å². The molecule has 2 fully saturated rings. The van der Waals surface area contributed by atoms with E-state index in [1.165, 1.54) is 7.11 Å². The zero-order chi connectivity index (χ0) is 11.0. The molecule has 1 heterocycles. The monoisotopic (exact) mass is 212 g/mol. The summed E-state index contributed by atoms with van der Waals surface area (Å²) >= 11 is 0. The van der Waals surface area contributed by atoms with E-state index in [9.17, 15) is 9.59 Å². The number of ether oxygens (including phenoxy) is 1. The van der Waals surface area contributed by atoms with Crippen LogP contribution < -0.4 is 5.73 Å². The van der Waals surface area contributed by atoms with Gasteiger partial charge in [0, 0.05) is 19.0 Å². The molecular weight excluding hydrogens is 196 g/mol. The summed E-state index contributed by atoms with van der Waals surface area (Å²) in [5.41, 5.74) is 5.61. The maximum absolute atomic E-state index is 11.7. The fourth-order valence-electron chi connectivity index (χ4n) is 2.35. The van der Waals surface area contributed by atoms with Gasteiger partial charge in [0.1, 0.15) is 6.04 Å². The van der Waals surface area contributed by atoms with Gasteiger partial charge in [-0.3, -0.25) is 9.59 Å². The predicted molar refractivity (Wildman–Crippen MR) is 52.8 cm³/mol. The van der Waals surface area contributed by atoms with E-state index in [2.05, 4.69) is 4.74 Å². The van der Waals surface area contributed by atoms with Crippen molar-refractivity contribution in [1.29, 1.82) is 0 Å². The van der Waals surface area contributed by atoms with Crippen LogP contribution in [-0.2, 0) is 14.3 Å². The van der Waals surface area contributed by atoms with Gasteiger partial charge < -0.3 is 15.4 Å². The molecular formula is C10H16N2O3. The lowest BCUT2D eigenvalue weighted by molar-refractivity contribution is -0.143. The van der Waals surface area contributed by atoms with Crippen LogP contribution in [0.25, 0.3) is 0 Å². The number of esters is 1. The summed E-state index contributed by atoms with van der Waals surface area (Å²) in [6.07, 6.45) is 2.12. The van der Waals surface area contributed by atoms with Crippen molar-refractivity contribution in [2.45, 2.75) is 18.9 Å². The zero-order valence-corrected chi connectivity index (χ0v) is 8.81. The molecule has 1 amide bonds. The standard InChI is InChI=1S/C10H16N2O3/c1-15-10(14)8(11)5-12-4-6-2-3-7(6)9(12)13/h6-8H,2-5,11H2,1H3. The van der Waals surface area contributed by atoms with E-state index in [0.29, 0.717) is 12.5 Å². The van der Waals surface area contributed by atoms with E-state index in [4.69, 9.17) is 5.73 Å². The second kappa shape index (κ2) is 3.81. The third-order valence-corrected chi connectivity index (χ3v) is 3.42. The quantitative estimate of drug-likeness (QED) is 0.631. The zero-order valence-electron chi connectivity index (χ0n) is 8.81. The van der Waals surface area contributed by atoms with Gasteiger partial charge in [-0.05, 0) is 18.8 Å². The molecule has 0 spiro atoms. The number of methoxy groups -OCH3 is 1. The average molecular weight is 212 g/mol. The summed E-state index contributed by atoms with van der Waals surface area (Å²) in [6, 6.07) is -0.712. The molecule has 0 radical (unpaired) electrons. The summed E-state index contributed by atoms with van der Waals surface area (Å²) in [4.78, 5) is 24.5. The van der Waals surface area contributed by atoms with E-state index >= 15 is 0 Å². The highest BCUT2D eigenvalue weighted by Gasteiger charge is 2.46. The fourth-order valence-corrected chi connectivity index (χ4v) is 2.35. The first-order valence-electron chi connectivity index (χ1n) is 5.25. The molecule has 3 atom stereocenters. The fraction of sp³-hybridized carbons (Fsp3) is 0.800. The molecule has 5 heteroatoms. The molecule has 1 aliphatic carbocycles. The Morgan fingerprint density at radius 1 is 1.67 bits per heavy atom. The largest absolute Gasteiger partial charge is 0.468 e. The van der Waals surface area contributed by atoms with Gasteiger partial charge in [-0.15, -0.1) is 0 Å². The van der Waals surface area contributed by atoms with E-state index in [1.807, 2.05) is 0 Å². The number of hydrogen-bond donors (Lipinski definition) is 1. The van der Waals surface area contributed by atoms with Crippen molar-refractivity contribution in [2.75, 3.05) is 20.2 Å². The number of amides is 1. The summed E-state index contributed by atoms with van der Waals surface area (Å²) in [6.45, 7) is 1.05. The molecule has 0 bridgehead atoms. The van der Waals surface area contributed by atoms with Crippen LogP contribution in [0.3, 0.4) is 0 Å². The van der Waals surface area contributed by atoms with Gasteiger partial charge in [0.2, 0.25) is 5.91 Å². The van der Waals surface area contributed by atoms with E-state index in [-0.39, 0.29) is 11.8 Å². The maximum atomic E-state index is 11.7. The molecule has 2 rings (SSSR count). The molecule has 3 unspecified atom stereocenters. The number of nitrogens with zero attached hydrogens (tertiary/aromatic N) is 1.